The molecule has 20 heavy (non-hydrogen) atoms. The molecule has 0 fully saturated rings. The van der Waals surface area contributed by atoms with Gasteiger partial charge in [0.25, 0.3) is 5.69 Å². The molecule has 6 heteroatoms. The number of nitrogens with zero attached hydrogens (tertiary/aromatic N) is 2. The fourth-order valence-corrected chi connectivity index (χ4v) is 1.97. The number of anilines is 2. The van der Waals surface area contributed by atoms with Crippen LogP contribution in [0.15, 0.2) is 41.2 Å². The van der Waals surface area contributed by atoms with Crippen molar-refractivity contribution < 1.29 is 9.34 Å². The van der Waals surface area contributed by atoms with Crippen molar-refractivity contribution in [2.45, 2.75) is 13.5 Å². The van der Waals surface area contributed by atoms with Crippen LogP contribution in [0.3, 0.4) is 0 Å². The fourth-order valence-electron chi connectivity index (χ4n) is 1.97. The lowest BCUT2D eigenvalue weighted by molar-refractivity contribution is -0.384. The Hall–Kier alpha value is -2.50. The summed E-state index contributed by atoms with van der Waals surface area (Å²) < 4.78 is 5.03. The van der Waals surface area contributed by atoms with Crippen LogP contribution in [0.2, 0.25) is 0 Å². The molecule has 1 heterocycles. The molecule has 0 saturated carbocycles. The van der Waals surface area contributed by atoms with Crippen LogP contribution in [0.25, 0.3) is 0 Å². The highest BCUT2D eigenvalue weighted by Gasteiger charge is 2.12. The maximum atomic E-state index is 11.0. The summed E-state index contributed by atoms with van der Waals surface area (Å²) in [5.41, 5.74) is 2.63. The Labute approximate surface area is 117 Å². The monoisotopic (exact) mass is 275 g/mol. The number of nitro benzene ring substituents is 1. The molecule has 0 unspecified atom stereocenters. The van der Waals surface area contributed by atoms with Crippen molar-refractivity contribution in [1.29, 1.82) is 0 Å². The zero-order valence-corrected chi connectivity index (χ0v) is 11.5. The molecule has 1 N–H and O–H groups in total. The minimum absolute atomic E-state index is 0.0810. The summed E-state index contributed by atoms with van der Waals surface area (Å²) in [4.78, 5) is 12.6. The third kappa shape index (κ3) is 3.28. The summed E-state index contributed by atoms with van der Waals surface area (Å²) in [5, 5.41) is 14.1. The van der Waals surface area contributed by atoms with E-state index >= 15 is 0 Å². The largest absolute Gasteiger partial charge is 0.472 e. The summed E-state index contributed by atoms with van der Waals surface area (Å²) in [6, 6.07) is 6.88. The van der Waals surface area contributed by atoms with Crippen LogP contribution in [-0.2, 0) is 6.54 Å². The Morgan fingerprint density at radius 2 is 2.20 bits per heavy atom. The maximum absolute atomic E-state index is 11.0. The van der Waals surface area contributed by atoms with E-state index in [0.717, 1.165) is 16.9 Å². The Balaban J connectivity index is 2.26. The van der Waals surface area contributed by atoms with E-state index in [1.807, 2.05) is 31.0 Å². The minimum Gasteiger partial charge on any atom is -0.472 e. The van der Waals surface area contributed by atoms with Crippen molar-refractivity contribution in [1.82, 2.24) is 0 Å². The summed E-state index contributed by atoms with van der Waals surface area (Å²) in [6.07, 6.45) is 3.28. The van der Waals surface area contributed by atoms with E-state index in [9.17, 15) is 10.1 Å². The van der Waals surface area contributed by atoms with Gasteiger partial charge in [0.2, 0.25) is 0 Å². The molecule has 2 aromatic rings. The first-order valence-electron chi connectivity index (χ1n) is 6.35. The molecule has 0 aliphatic heterocycles. The molecule has 0 amide bonds. The van der Waals surface area contributed by atoms with Gasteiger partial charge in [0.1, 0.15) is 0 Å². The lowest BCUT2D eigenvalue weighted by Crippen LogP contribution is -2.16. The number of rotatable bonds is 6. The smallest absolute Gasteiger partial charge is 0.273 e. The van der Waals surface area contributed by atoms with Gasteiger partial charge < -0.3 is 14.6 Å². The lowest BCUT2D eigenvalue weighted by Gasteiger charge is -2.19. The molecule has 6 nitrogen and oxygen atoms in total. The first kappa shape index (κ1) is 13.9. The van der Waals surface area contributed by atoms with Gasteiger partial charge in [0.15, 0.2) is 0 Å². The molecule has 0 atom stereocenters. The standard InChI is InChI=1S/C14H17N3O3/c1-3-15-12-6-13(8-14(7-12)17(18)19)16(2)9-11-4-5-20-10-11/h4-8,10,15H,3,9H2,1-2H3. The third-order valence-corrected chi connectivity index (χ3v) is 2.93. The van der Waals surface area contributed by atoms with Gasteiger partial charge in [-0.25, -0.2) is 0 Å². The van der Waals surface area contributed by atoms with Gasteiger partial charge >= 0.3 is 0 Å². The number of nitro groups is 1. The molecule has 0 radical (unpaired) electrons. The van der Waals surface area contributed by atoms with Crippen LogP contribution in [0, 0.1) is 10.1 Å². The topological polar surface area (TPSA) is 71.5 Å². The van der Waals surface area contributed by atoms with Crippen LogP contribution >= 0.6 is 0 Å². The average molecular weight is 275 g/mol. The predicted octanol–water partition coefficient (Wildman–Crippen LogP) is 3.26. The van der Waals surface area contributed by atoms with E-state index < -0.39 is 0 Å². The van der Waals surface area contributed by atoms with Gasteiger partial charge in [-0.15, -0.1) is 0 Å². The summed E-state index contributed by atoms with van der Waals surface area (Å²) in [5.74, 6) is 0. The second-order valence-corrected chi connectivity index (χ2v) is 4.51. The molecular weight excluding hydrogens is 258 g/mol. The van der Waals surface area contributed by atoms with Gasteiger partial charge in [0, 0.05) is 49.2 Å². The third-order valence-electron chi connectivity index (χ3n) is 2.93. The van der Waals surface area contributed by atoms with Crippen molar-refractivity contribution in [3.05, 3.63) is 52.5 Å². The first-order chi connectivity index (χ1) is 9.60. The van der Waals surface area contributed by atoms with E-state index in [0.29, 0.717) is 13.1 Å². The van der Waals surface area contributed by atoms with Gasteiger partial charge in [-0.2, -0.15) is 0 Å². The van der Waals surface area contributed by atoms with Crippen molar-refractivity contribution in [3.8, 4) is 0 Å². The number of non-ortho nitro benzene ring substituents is 1. The quantitative estimate of drug-likeness (QED) is 0.647. The van der Waals surface area contributed by atoms with Crippen molar-refractivity contribution >= 4 is 17.1 Å². The zero-order valence-electron chi connectivity index (χ0n) is 11.5. The van der Waals surface area contributed by atoms with Crippen LogP contribution in [0.1, 0.15) is 12.5 Å². The molecular formula is C14H17N3O3. The van der Waals surface area contributed by atoms with Crippen molar-refractivity contribution in [2.75, 3.05) is 23.8 Å². The summed E-state index contributed by atoms with van der Waals surface area (Å²) >= 11 is 0. The Morgan fingerprint density at radius 1 is 1.40 bits per heavy atom. The highest BCUT2D eigenvalue weighted by Crippen LogP contribution is 2.27. The molecule has 2 rings (SSSR count). The molecule has 0 spiro atoms. The Morgan fingerprint density at radius 3 is 2.80 bits per heavy atom. The maximum Gasteiger partial charge on any atom is 0.273 e. The second-order valence-electron chi connectivity index (χ2n) is 4.51. The van der Waals surface area contributed by atoms with Gasteiger partial charge in [0.05, 0.1) is 17.4 Å². The highest BCUT2D eigenvalue weighted by molar-refractivity contribution is 5.64. The van der Waals surface area contributed by atoms with E-state index in [1.165, 1.54) is 0 Å². The van der Waals surface area contributed by atoms with E-state index in [1.54, 1.807) is 24.7 Å². The molecule has 0 saturated heterocycles. The number of benzene rings is 1. The fraction of sp³-hybridized carbons (Fsp3) is 0.286. The SMILES string of the molecule is CCNc1cc(N(C)Cc2ccoc2)cc([N+](=O)[O-])c1. The number of furan rings is 1. The minimum atomic E-state index is -0.379. The van der Waals surface area contributed by atoms with E-state index in [4.69, 9.17) is 4.42 Å². The normalized spacial score (nSPS) is 10.3. The Kier molecular flexibility index (Phi) is 4.24. The molecule has 0 bridgehead atoms. The number of hydrogen-bond acceptors (Lipinski definition) is 5. The predicted molar refractivity (Wildman–Crippen MR) is 78.1 cm³/mol. The molecule has 106 valence electrons. The van der Waals surface area contributed by atoms with Gasteiger partial charge in [-0.05, 0) is 19.1 Å². The van der Waals surface area contributed by atoms with E-state index in [2.05, 4.69) is 5.32 Å². The molecule has 1 aromatic carbocycles. The second kappa shape index (κ2) is 6.10. The number of nitrogens with one attached hydrogen (secondary N) is 1. The highest BCUT2D eigenvalue weighted by atomic mass is 16.6. The Bertz CT molecular complexity index is 581. The van der Waals surface area contributed by atoms with E-state index in [-0.39, 0.29) is 10.6 Å². The summed E-state index contributed by atoms with van der Waals surface area (Å²) in [7, 11) is 1.89. The molecule has 0 aliphatic carbocycles. The van der Waals surface area contributed by atoms with Gasteiger partial charge in [-0.1, -0.05) is 0 Å². The van der Waals surface area contributed by atoms with Crippen molar-refractivity contribution in [3.63, 3.8) is 0 Å². The van der Waals surface area contributed by atoms with Crippen LogP contribution in [0.5, 0.6) is 0 Å². The molecule has 0 aliphatic rings. The average Bonchev–Trinajstić information content (AvgIpc) is 2.91. The van der Waals surface area contributed by atoms with Crippen LogP contribution < -0.4 is 10.2 Å². The lowest BCUT2D eigenvalue weighted by atomic mass is 10.2. The van der Waals surface area contributed by atoms with Crippen LogP contribution in [0.4, 0.5) is 17.1 Å². The summed E-state index contributed by atoms with van der Waals surface area (Å²) in [6.45, 7) is 3.29. The van der Waals surface area contributed by atoms with Crippen molar-refractivity contribution in [2.24, 2.45) is 0 Å². The first-order valence-corrected chi connectivity index (χ1v) is 6.35. The zero-order chi connectivity index (χ0) is 14.5. The van der Waals surface area contributed by atoms with Gasteiger partial charge in [-0.3, -0.25) is 10.1 Å². The number of hydrogen-bond donors (Lipinski definition) is 1. The van der Waals surface area contributed by atoms with Crippen LogP contribution in [-0.4, -0.2) is 18.5 Å². The molecule has 1 aromatic heterocycles.